The molecular weight excluding hydrogens is 244 g/mol. The van der Waals surface area contributed by atoms with Gasteiger partial charge in [-0.05, 0) is 38.0 Å². The molecule has 0 aliphatic heterocycles. The molecule has 6 atom stereocenters. The SMILES string of the molecule is CCC(C)C(=O)OC1C2CC3CC(O)(C2)CC1(O)C3. The Bertz CT molecular complexity index is 396. The molecule has 4 aliphatic carbocycles. The molecule has 0 saturated heterocycles. The maximum absolute atomic E-state index is 12.0. The summed E-state index contributed by atoms with van der Waals surface area (Å²) in [5, 5.41) is 21.3. The summed E-state index contributed by atoms with van der Waals surface area (Å²) in [6.07, 6.45) is 3.83. The fourth-order valence-corrected chi connectivity index (χ4v) is 4.65. The van der Waals surface area contributed by atoms with Gasteiger partial charge in [0, 0.05) is 12.3 Å². The van der Waals surface area contributed by atoms with Gasteiger partial charge in [-0.25, -0.2) is 0 Å². The fraction of sp³-hybridized carbons (Fsp3) is 0.933. The van der Waals surface area contributed by atoms with Crippen LogP contribution in [0.3, 0.4) is 0 Å². The number of aliphatic hydroxyl groups is 2. The first-order valence-corrected chi connectivity index (χ1v) is 7.50. The molecule has 0 aromatic heterocycles. The van der Waals surface area contributed by atoms with Crippen molar-refractivity contribution in [3.8, 4) is 0 Å². The van der Waals surface area contributed by atoms with Gasteiger partial charge in [0.1, 0.15) is 11.7 Å². The monoisotopic (exact) mass is 268 g/mol. The van der Waals surface area contributed by atoms with Crippen LogP contribution in [0, 0.1) is 17.8 Å². The van der Waals surface area contributed by atoms with E-state index in [9.17, 15) is 15.0 Å². The van der Waals surface area contributed by atoms with Crippen LogP contribution in [0.2, 0.25) is 0 Å². The summed E-state index contributed by atoms with van der Waals surface area (Å²) in [7, 11) is 0. The van der Waals surface area contributed by atoms with Crippen LogP contribution < -0.4 is 0 Å². The summed E-state index contributed by atoms with van der Waals surface area (Å²) in [6, 6.07) is 0. The van der Waals surface area contributed by atoms with Gasteiger partial charge in [-0.2, -0.15) is 0 Å². The van der Waals surface area contributed by atoms with Gasteiger partial charge in [0.25, 0.3) is 0 Å². The van der Waals surface area contributed by atoms with Crippen LogP contribution >= 0.6 is 0 Å². The van der Waals surface area contributed by atoms with E-state index in [2.05, 4.69) is 0 Å². The zero-order valence-corrected chi connectivity index (χ0v) is 11.8. The van der Waals surface area contributed by atoms with Crippen molar-refractivity contribution in [2.24, 2.45) is 17.8 Å². The highest BCUT2D eigenvalue weighted by Crippen LogP contribution is 2.58. The maximum Gasteiger partial charge on any atom is 0.309 e. The van der Waals surface area contributed by atoms with E-state index in [0.29, 0.717) is 25.2 Å². The summed E-state index contributed by atoms with van der Waals surface area (Å²) in [4.78, 5) is 12.0. The Labute approximate surface area is 114 Å². The minimum Gasteiger partial charge on any atom is -0.459 e. The molecular formula is C15H24O4. The number of carbonyl (C=O) groups is 1. The molecule has 4 bridgehead atoms. The van der Waals surface area contributed by atoms with E-state index >= 15 is 0 Å². The van der Waals surface area contributed by atoms with Crippen LogP contribution in [0.15, 0.2) is 0 Å². The summed E-state index contributed by atoms with van der Waals surface area (Å²) >= 11 is 0. The number of ether oxygens (including phenoxy) is 1. The average molecular weight is 268 g/mol. The topological polar surface area (TPSA) is 66.8 Å². The number of esters is 1. The highest BCUT2D eigenvalue weighted by atomic mass is 16.6. The second-order valence-corrected chi connectivity index (χ2v) is 7.15. The Kier molecular flexibility index (Phi) is 2.95. The molecule has 4 saturated carbocycles. The Morgan fingerprint density at radius 3 is 2.68 bits per heavy atom. The maximum atomic E-state index is 12.0. The van der Waals surface area contributed by atoms with Crippen LogP contribution in [0.5, 0.6) is 0 Å². The summed E-state index contributed by atoms with van der Waals surface area (Å²) in [6.45, 7) is 3.82. The summed E-state index contributed by atoms with van der Waals surface area (Å²) in [5.41, 5.74) is -1.72. The zero-order chi connectivity index (χ0) is 13.8. The van der Waals surface area contributed by atoms with Crippen LogP contribution in [0.1, 0.15) is 52.4 Å². The molecule has 4 nitrogen and oxygen atoms in total. The van der Waals surface area contributed by atoms with Crippen molar-refractivity contribution in [3.05, 3.63) is 0 Å². The first-order chi connectivity index (χ1) is 8.85. The molecule has 0 amide bonds. The van der Waals surface area contributed by atoms with Crippen molar-refractivity contribution in [1.29, 1.82) is 0 Å². The van der Waals surface area contributed by atoms with E-state index < -0.39 is 17.3 Å². The van der Waals surface area contributed by atoms with E-state index in [1.165, 1.54) is 0 Å². The Morgan fingerprint density at radius 2 is 2.11 bits per heavy atom. The molecule has 4 heteroatoms. The quantitative estimate of drug-likeness (QED) is 0.763. The summed E-state index contributed by atoms with van der Waals surface area (Å²) in [5.74, 6) is 0.189. The highest BCUT2D eigenvalue weighted by molar-refractivity contribution is 5.72. The van der Waals surface area contributed by atoms with Gasteiger partial charge >= 0.3 is 5.97 Å². The van der Waals surface area contributed by atoms with E-state index in [4.69, 9.17) is 4.74 Å². The highest BCUT2D eigenvalue weighted by Gasteiger charge is 2.63. The minimum atomic E-state index is -0.998. The molecule has 0 radical (unpaired) electrons. The molecule has 6 unspecified atom stereocenters. The lowest BCUT2D eigenvalue weighted by Gasteiger charge is -2.61. The minimum absolute atomic E-state index is 0.121. The van der Waals surface area contributed by atoms with Gasteiger partial charge in [0.05, 0.1) is 11.5 Å². The third-order valence-corrected chi connectivity index (χ3v) is 5.44. The smallest absolute Gasteiger partial charge is 0.309 e. The van der Waals surface area contributed by atoms with Crippen LogP contribution in [0.25, 0.3) is 0 Å². The van der Waals surface area contributed by atoms with Gasteiger partial charge in [-0.15, -0.1) is 0 Å². The van der Waals surface area contributed by atoms with Crippen molar-refractivity contribution in [1.82, 2.24) is 0 Å². The second-order valence-electron chi connectivity index (χ2n) is 7.15. The van der Waals surface area contributed by atoms with E-state index in [-0.39, 0.29) is 17.8 Å². The Hall–Kier alpha value is -0.610. The standard InChI is InChI=1S/C15H24O4/c1-3-9(2)13(16)19-12-11-4-10-5-14(17,7-11)8-15(12,18)6-10/h9-12,17-18H,3-8H2,1-2H3. The molecule has 4 rings (SSSR count). The van der Waals surface area contributed by atoms with Crippen molar-refractivity contribution < 1.29 is 19.7 Å². The lowest BCUT2D eigenvalue weighted by atomic mass is 9.51. The molecule has 0 aromatic rings. The lowest BCUT2D eigenvalue weighted by molar-refractivity contribution is -0.261. The molecule has 2 N–H and O–H groups in total. The first-order valence-electron chi connectivity index (χ1n) is 7.50. The van der Waals surface area contributed by atoms with Crippen molar-refractivity contribution in [3.63, 3.8) is 0 Å². The molecule has 0 aromatic carbocycles. The Morgan fingerprint density at radius 1 is 1.37 bits per heavy atom. The number of hydrogen-bond acceptors (Lipinski definition) is 4. The van der Waals surface area contributed by atoms with Gasteiger partial charge in [0.15, 0.2) is 0 Å². The number of rotatable bonds is 3. The largest absolute Gasteiger partial charge is 0.459 e. The third-order valence-electron chi connectivity index (χ3n) is 5.44. The average Bonchev–Trinajstić information content (AvgIpc) is 2.29. The lowest BCUT2D eigenvalue weighted by Crippen LogP contribution is -2.67. The van der Waals surface area contributed by atoms with Gasteiger partial charge in [-0.1, -0.05) is 13.8 Å². The molecule has 19 heavy (non-hydrogen) atoms. The predicted octanol–water partition coefficient (Wildman–Crippen LogP) is 1.63. The predicted molar refractivity (Wildman–Crippen MR) is 69.3 cm³/mol. The molecule has 4 aliphatic rings. The van der Waals surface area contributed by atoms with Crippen LogP contribution in [0.4, 0.5) is 0 Å². The Balaban J connectivity index is 1.78. The van der Waals surface area contributed by atoms with Gasteiger partial charge in [-0.3, -0.25) is 4.79 Å². The van der Waals surface area contributed by atoms with Crippen LogP contribution in [-0.4, -0.2) is 33.5 Å². The van der Waals surface area contributed by atoms with Crippen molar-refractivity contribution in [2.45, 2.75) is 69.7 Å². The van der Waals surface area contributed by atoms with E-state index in [0.717, 1.165) is 19.3 Å². The summed E-state index contributed by atoms with van der Waals surface area (Å²) < 4.78 is 5.63. The molecule has 0 spiro atoms. The van der Waals surface area contributed by atoms with Gasteiger partial charge in [0.2, 0.25) is 0 Å². The second kappa shape index (κ2) is 4.19. The molecule has 4 fully saturated rings. The van der Waals surface area contributed by atoms with Crippen molar-refractivity contribution in [2.75, 3.05) is 0 Å². The first kappa shape index (κ1) is 13.4. The number of carbonyl (C=O) groups excluding carboxylic acids is 1. The number of hydrogen-bond donors (Lipinski definition) is 2. The van der Waals surface area contributed by atoms with E-state index in [1.54, 1.807) is 0 Å². The molecule has 108 valence electrons. The normalized spacial score (nSPS) is 49.2. The van der Waals surface area contributed by atoms with Gasteiger partial charge < -0.3 is 14.9 Å². The van der Waals surface area contributed by atoms with Crippen molar-refractivity contribution >= 4 is 5.97 Å². The molecule has 0 heterocycles. The fourth-order valence-electron chi connectivity index (χ4n) is 4.65. The van der Waals surface area contributed by atoms with Crippen LogP contribution in [-0.2, 0) is 9.53 Å². The van der Waals surface area contributed by atoms with E-state index in [1.807, 2.05) is 13.8 Å². The zero-order valence-electron chi connectivity index (χ0n) is 11.8. The third kappa shape index (κ3) is 2.09.